The highest BCUT2D eigenvalue weighted by Crippen LogP contribution is 2.21. The first kappa shape index (κ1) is 20.0. The molecule has 5 nitrogen and oxygen atoms in total. The van der Waals surface area contributed by atoms with Gasteiger partial charge in [-0.3, -0.25) is 14.2 Å². The zero-order chi connectivity index (χ0) is 20.1. The Morgan fingerprint density at radius 1 is 1.18 bits per heavy atom. The molecule has 0 unspecified atom stereocenters. The van der Waals surface area contributed by atoms with Gasteiger partial charge < -0.3 is 4.74 Å². The number of carbonyl (C=O) groups is 1. The quantitative estimate of drug-likeness (QED) is 0.317. The van der Waals surface area contributed by atoms with Gasteiger partial charge in [-0.15, -0.1) is 0 Å². The molecule has 0 aliphatic rings. The van der Waals surface area contributed by atoms with Crippen molar-refractivity contribution in [3.63, 3.8) is 0 Å². The molecule has 0 aliphatic carbocycles. The van der Waals surface area contributed by atoms with Gasteiger partial charge in [-0.05, 0) is 42.8 Å². The van der Waals surface area contributed by atoms with Crippen LogP contribution >= 0.6 is 11.8 Å². The van der Waals surface area contributed by atoms with Gasteiger partial charge in [0.1, 0.15) is 5.75 Å². The molecule has 0 fully saturated rings. The highest BCUT2D eigenvalue weighted by atomic mass is 32.2. The maximum absolute atomic E-state index is 12.7. The molecule has 0 radical (unpaired) electrons. The molecule has 0 atom stereocenters. The van der Waals surface area contributed by atoms with Gasteiger partial charge >= 0.3 is 6.61 Å². The molecule has 0 aliphatic heterocycles. The molecule has 1 aromatic heterocycles. The predicted molar refractivity (Wildman–Crippen MR) is 104 cm³/mol. The van der Waals surface area contributed by atoms with Crippen molar-refractivity contribution < 1.29 is 18.3 Å². The fraction of sp³-hybridized carbons (Fsp3) is 0.250. The number of hydrogen-bond acceptors (Lipinski definition) is 5. The number of carbonyl (C=O) groups excluding carboxylic acids is 1. The van der Waals surface area contributed by atoms with Crippen molar-refractivity contribution in [2.75, 3.05) is 5.75 Å². The average Bonchev–Trinajstić information content (AvgIpc) is 2.69. The van der Waals surface area contributed by atoms with Gasteiger partial charge in [0.05, 0.1) is 16.7 Å². The third kappa shape index (κ3) is 4.56. The van der Waals surface area contributed by atoms with Crippen LogP contribution in [0.25, 0.3) is 10.9 Å². The Balaban J connectivity index is 1.79. The van der Waals surface area contributed by atoms with E-state index in [2.05, 4.69) is 9.72 Å². The van der Waals surface area contributed by atoms with Crippen LogP contribution in [-0.4, -0.2) is 27.7 Å². The molecular weight excluding hydrogens is 386 g/mol. The summed E-state index contributed by atoms with van der Waals surface area (Å²) in [5.41, 5.74) is 0.832. The Hall–Kier alpha value is -2.74. The van der Waals surface area contributed by atoms with E-state index in [-0.39, 0.29) is 22.8 Å². The molecule has 0 amide bonds. The molecule has 2 aromatic carbocycles. The first-order valence-electron chi connectivity index (χ1n) is 8.70. The van der Waals surface area contributed by atoms with Gasteiger partial charge in [-0.1, -0.05) is 30.8 Å². The molecule has 3 rings (SSSR count). The van der Waals surface area contributed by atoms with Crippen molar-refractivity contribution in [2.45, 2.75) is 31.7 Å². The second kappa shape index (κ2) is 8.97. The Bertz CT molecular complexity index is 1040. The summed E-state index contributed by atoms with van der Waals surface area (Å²) in [4.78, 5) is 29.7. The first-order chi connectivity index (χ1) is 13.5. The number of aromatic nitrogens is 2. The molecule has 8 heteroatoms. The van der Waals surface area contributed by atoms with Crippen molar-refractivity contribution in [1.29, 1.82) is 0 Å². The molecule has 1 heterocycles. The standard InChI is InChI=1S/C20H18F2N2O3S/c1-2-11-24-18(26)15-5-3-4-6-16(15)23-20(24)28-12-17(25)13-7-9-14(10-8-13)27-19(21)22/h3-10,19H,2,11-12H2,1H3. The number of ether oxygens (including phenoxy) is 1. The van der Waals surface area contributed by atoms with Crippen LogP contribution in [-0.2, 0) is 6.54 Å². The number of Topliss-reactive ketones (excluding diaryl/α,β-unsaturated/α-hetero) is 1. The minimum absolute atomic E-state index is 0.00724. The highest BCUT2D eigenvalue weighted by molar-refractivity contribution is 7.99. The number of ketones is 1. The Labute approximate surface area is 164 Å². The maximum Gasteiger partial charge on any atom is 0.387 e. The number of thioether (sulfide) groups is 1. The van der Waals surface area contributed by atoms with Gasteiger partial charge in [-0.2, -0.15) is 8.78 Å². The average molecular weight is 404 g/mol. The summed E-state index contributed by atoms with van der Waals surface area (Å²) in [6, 6.07) is 12.6. The third-order valence-electron chi connectivity index (χ3n) is 4.01. The van der Waals surface area contributed by atoms with Crippen LogP contribution in [0.2, 0.25) is 0 Å². The molecule has 0 N–H and O–H groups in total. The first-order valence-corrected chi connectivity index (χ1v) is 9.68. The van der Waals surface area contributed by atoms with E-state index in [0.29, 0.717) is 28.2 Å². The normalized spacial score (nSPS) is 11.1. The summed E-state index contributed by atoms with van der Waals surface area (Å²) in [5.74, 6) is -0.130. The van der Waals surface area contributed by atoms with Gasteiger partial charge in [0.15, 0.2) is 10.9 Å². The lowest BCUT2D eigenvalue weighted by Crippen LogP contribution is -2.23. The lowest BCUT2D eigenvalue weighted by molar-refractivity contribution is -0.0498. The minimum atomic E-state index is -2.91. The number of hydrogen-bond donors (Lipinski definition) is 0. The summed E-state index contributed by atoms with van der Waals surface area (Å²) in [5, 5.41) is 1.03. The van der Waals surface area contributed by atoms with Gasteiger partial charge in [-0.25, -0.2) is 4.98 Å². The van der Waals surface area contributed by atoms with Gasteiger partial charge in [0.25, 0.3) is 5.56 Å². The Morgan fingerprint density at radius 2 is 1.89 bits per heavy atom. The number of benzene rings is 2. The van der Waals surface area contributed by atoms with E-state index < -0.39 is 6.61 Å². The minimum Gasteiger partial charge on any atom is -0.435 e. The SMILES string of the molecule is CCCn1c(SCC(=O)c2ccc(OC(F)F)cc2)nc2ccccc2c1=O. The molecule has 0 spiro atoms. The largest absolute Gasteiger partial charge is 0.435 e. The molecular formula is C20H18F2N2O3S. The van der Waals surface area contributed by atoms with Crippen LogP contribution in [0.15, 0.2) is 58.5 Å². The number of alkyl halides is 2. The van der Waals surface area contributed by atoms with Crippen LogP contribution < -0.4 is 10.3 Å². The summed E-state index contributed by atoms with van der Waals surface area (Å²) in [6.07, 6.45) is 0.757. The number of rotatable bonds is 8. The Kier molecular flexibility index (Phi) is 6.41. The molecule has 146 valence electrons. The van der Waals surface area contributed by atoms with Crippen molar-refractivity contribution in [1.82, 2.24) is 9.55 Å². The number of halogens is 2. The van der Waals surface area contributed by atoms with E-state index in [1.54, 1.807) is 22.8 Å². The lowest BCUT2D eigenvalue weighted by atomic mass is 10.1. The number of nitrogens with zero attached hydrogens (tertiary/aromatic N) is 2. The summed E-state index contributed by atoms with van der Waals surface area (Å²) < 4.78 is 30.3. The fourth-order valence-electron chi connectivity index (χ4n) is 2.71. The van der Waals surface area contributed by atoms with Crippen molar-refractivity contribution in [3.8, 4) is 5.75 Å². The second-order valence-corrected chi connectivity index (χ2v) is 6.93. The van der Waals surface area contributed by atoms with Crippen LogP contribution in [0.4, 0.5) is 8.78 Å². The number of para-hydroxylation sites is 1. The van der Waals surface area contributed by atoms with Crippen LogP contribution in [0.1, 0.15) is 23.7 Å². The van der Waals surface area contributed by atoms with Crippen molar-refractivity contribution in [3.05, 3.63) is 64.4 Å². The van der Waals surface area contributed by atoms with E-state index in [9.17, 15) is 18.4 Å². The van der Waals surface area contributed by atoms with Crippen LogP contribution in [0, 0.1) is 0 Å². The molecule has 28 heavy (non-hydrogen) atoms. The molecule has 0 bridgehead atoms. The van der Waals surface area contributed by atoms with E-state index >= 15 is 0 Å². The van der Waals surface area contributed by atoms with Crippen molar-refractivity contribution in [2.24, 2.45) is 0 Å². The monoisotopic (exact) mass is 404 g/mol. The molecule has 3 aromatic rings. The molecule has 0 saturated heterocycles. The highest BCUT2D eigenvalue weighted by Gasteiger charge is 2.14. The third-order valence-corrected chi connectivity index (χ3v) is 4.98. The summed E-state index contributed by atoms with van der Waals surface area (Å²) in [7, 11) is 0. The van der Waals surface area contributed by atoms with Crippen LogP contribution in [0.3, 0.4) is 0 Å². The van der Waals surface area contributed by atoms with E-state index in [4.69, 9.17) is 0 Å². The maximum atomic E-state index is 12.7. The van der Waals surface area contributed by atoms with E-state index in [1.807, 2.05) is 13.0 Å². The topological polar surface area (TPSA) is 61.2 Å². The zero-order valence-corrected chi connectivity index (χ0v) is 15.9. The smallest absolute Gasteiger partial charge is 0.387 e. The summed E-state index contributed by atoms with van der Waals surface area (Å²) >= 11 is 1.18. The second-order valence-electron chi connectivity index (χ2n) is 5.98. The van der Waals surface area contributed by atoms with Crippen LogP contribution in [0.5, 0.6) is 5.75 Å². The van der Waals surface area contributed by atoms with Gasteiger partial charge in [0, 0.05) is 12.1 Å². The van der Waals surface area contributed by atoms with Gasteiger partial charge in [0.2, 0.25) is 0 Å². The lowest BCUT2D eigenvalue weighted by Gasteiger charge is -2.12. The summed E-state index contributed by atoms with van der Waals surface area (Å²) in [6.45, 7) is -0.441. The Morgan fingerprint density at radius 3 is 2.57 bits per heavy atom. The molecule has 0 saturated carbocycles. The van der Waals surface area contributed by atoms with E-state index in [1.165, 1.54) is 36.0 Å². The number of fused-ring (bicyclic) bond motifs is 1. The fourth-order valence-corrected chi connectivity index (χ4v) is 3.63. The van der Waals surface area contributed by atoms with Crippen molar-refractivity contribution >= 4 is 28.4 Å². The zero-order valence-electron chi connectivity index (χ0n) is 15.1. The van der Waals surface area contributed by atoms with E-state index in [0.717, 1.165) is 6.42 Å². The predicted octanol–water partition coefficient (Wildman–Crippen LogP) is 4.38.